The van der Waals surface area contributed by atoms with E-state index in [0.29, 0.717) is 4.57 Å². The molecule has 0 saturated carbocycles. The Bertz CT molecular complexity index is 1160. The minimum atomic E-state index is -5.81. The van der Waals surface area contributed by atoms with Crippen LogP contribution in [0.5, 0.6) is 0 Å². The van der Waals surface area contributed by atoms with Crippen LogP contribution in [-0.4, -0.2) is 58.2 Å². The van der Waals surface area contributed by atoms with Gasteiger partial charge in [-0.1, -0.05) is 5.92 Å². The van der Waals surface area contributed by atoms with Crippen LogP contribution in [0.2, 0.25) is 0 Å². The van der Waals surface area contributed by atoms with Crippen molar-refractivity contribution in [3.8, 4) is 11.8 Å². The first-order valence-electron chi connectivity index (χ1n) is 8.54. The van der Waals surface area contributed by atoms with Crippen LogP contribution in [0.15, 0.2) is 17.1 Å². The molecule has 16 nitrogen and oxygen atoms in total. The van der Waals surface area contributed by atoms with E-state index < -0.39 is 59.4 Å². The number of aromatic nitrogens is 2. The zero-order valence-electron chi connectivity index (χ0n) is 16.7. The molecule has 0 aliphatic carbocycles. The van der Waals surface area contributed by atoms with E-state index in [9.17, 15) is 33.4 Å². The molecule has 1 aliphatic rings. The minimum Gasteiger partial charge on any atom is -0.386 e. The molecule has 2 rings (SSSR count). The quantitative estimate of drug-likeness (QED) is 0.181. The van der Waals surface area contributed by atoms with Crippen LogP contribution in [0, 0.1) is 11.8 Å². The van der Waals surface area contributed by atoms with Crippen molar-refractivity contribution in [2.75, 3.05) is 5.73 Å². The molecule has 0 spiro atoms. The lowest BCUT2D eigenvalue weighted by atomic mass is 9.94. The van der Waals surface area contributed by atoms with Crippen molar-refractivity contribution >= 4 is 29.3 Å². The van der Waals surface area contributed by atoms with Gasteiger partial charge in [-0.2, -0.15) is 13.6 Å². The number of hydrogen-bond acceptors (Lipinski definition) is 11. The van der Waals surface area contributed by atoms with Crippen molar-refractivity contribution in [1.82, 2.24) is 9.55 Å². The van der Waals surface area contributed by atoms with Crippen LogP contribution >= 0.6 is 23.5 Å². The molecule has 33 heavy (non-hydrogen) atoms. The number of nitrogens with zero attached hydrogens (tertiary/aromatic N) is 2. The highest BCUT2D eigenvalue weighted by Gasteiger charge is 2.60. The summed E-state index contributed by atoms with van der Waals surface area (Å²) in [5.41, 5.74) is 1.34. The van der Waals surface area contributed by atoms with Crippen molar-refractivity contribution in [1.29, 1.82) is 0 Å². The monoisotopic (exact) mass is 537 g/mol. The largest absolute Gasteiger partial charge is 0.490 e. The second-order valence-electron chi connectivity index (χ2n) is 6.48. The van der Waals surface area contributed by atoms with Crippen LogP contribution in [0.1, 0.15) is 20.1 Å². The second-order valence-corrected chi connectivity index (χ2v) is 10.9. The van der Waals surface area contributed by atoms with Gasteiger partial charge in [0.1, 0.15) is 18.0 Å². The van der Waals surface area contributed by atoms with E-state index in [1.54, 1.807) is 0 Å². The van der Waals surface area contributed by atoms with Gasteiger partial charge >= 0.3 is 29.2 Å². The number of hydrogen-bond donors (Lipinski definition) is 6. The molecule has 1 aliphatic heterocycles. The molecule has 0 amide bonds. The lowest BCUT2D eigenvalue weighted by Gasteiger charge is -2.25. The molecule has 1 aromatic heterocycles. The van der Waals surface area contributed by atoms with Gasteiger partial charge in [-0.3, -0.25) is 9.09 Å². The number of phosphoric ester groups is 1. The predicted octanol–water partition coefficient (Wildman–Crippen LogP) is -0.453. The summed E-state index contributed by atoms with van der Waals surface area (Å²) in [6.07, 6.45) is -6.75. The zero-order chi connectivity index (χ0) is 25.4. The third kappa shape index (κ3) is 6.77. The normalized spacial score (nSPS) is 30.0. The number of rotatable bonds is 8. The summed E-state index contributed by atoms with van der Waals surface area (Å²) in [4.78, 5) is 51.5. The van der Waals surface area contributed by atoms with Crippen molar-refractivity contribution in [2.45, 2.75) is 44.1 Å². The first-order valence-corrected chi connectivity index (χ1v) is 13.1. The Morgan fingerprint density at radius 2 is 1.88 bits per heavy atom. The van der Waals surface area contributed by atoms with Crippen molar-refractivity contribution in [3.05, 3.63) is 22.7 Å². The van der Waals surface area contributed by atoms with E-state index in [-0.39, 0.29) is 5.82 Å². The molecule has 7 atom stereocenters. The molecule has 0 aromatic carbocycles. The number of phosphoric acid groups is 3. The molecule has 1 fully saturated rings. The molecule has 4 unspecified atom stereocenters. The lowest BCUT2D eigenvalue weighted by molar-refractivity contribution is -0.0780. The summed E-state index contributed by atoms with van der Waals surface area (Å²) in [6, 6.07) is 1.12. The van der Waals surface area contributed by atoms with Crippen molar-refractivity contribution in [3.63, 3.8) is 0 Å². The van der Waals surface area contributed by atoms with Gasteiger partial charge in [0.05, 0.1) is 6.10 Å². The Kier molecular flexibility index (Phi) is 8.10. The van der Waals surface area contributed by atoms with E-state index in [4.69, 9.17) is 20.3 Å². The molecular weight excluding hydrogens is 518 g/mol. The fourth-order valence-corrected chi connectivity index (χ4v) is 6.04. The molecule has 0 bridgehead atoms. The maximum Gasteiger partial charge on any atom is 0.490 e. The maximum atomic E-state index is 15.7. The van der Waals surface area contributed by atoms with Crippen molar-refractivity contribution in [2.24, 2.45) is 0 Å². The maximum absolute atomic E-state index is 15.7. The van der Waals surface area contributed by atoms with Gasteiger partial charge in [-0.25, -0.2) is 22.9 Å². The molecule has 1 aromatic rings. The summed E-state index contributed by atoms with van der Waals surface area (Å²) >= 11 is 0. The SMILES string of the molecule is CC#CC1(F)[C@@H](O)C([C@@H](C)OP(=O)(O)OP(=O)(O)OP(=O)(O)O)O[C@H]1n1ccc(N)nc1=O. The number of aliphatic hydroxyl groups is 1. The number of ether oxygens (including phenoxy) is 1. The number of alkyl halides is 1. The van der Waals surface area contributed by atoms with Gasteiger partial charge in [0.25, 0.3) is 0 Å². The average Bonchev–Trinajstić information content (AvgIpc) is 2.83. The topological polar surface area (TPSA) is 250 Å². The highest BCUT2D eigenvalue weighted by atomic mass is 31.3. The van der Waals surface area contributed by atoms with E-state index in [0.717, 1.165) is 19.2 Å². The number of halogens is 1. The molecule has 1 saturated heterocycles. The summed E-state index contributed by atoms with van der Waals surface area (Å²) in [5.74, 6) is 4.07. The molecule has 0 radical (unpaired) electrons. The van der Waals surface area contributed by atoms with Gasteiger partial charge in [0, 0.05) is 6.20 Å². The highest BCUT2D eigenvalue weighted by Crippen LogP contribution is 2.66. The van der Waals surface area contributed by atoms with E-state index in [1.807, 2.05) is 0 Å². The Hall–Kier alpha value is -1.50. The first-order chi connectivity index (χ1) is 14.9. The third-order valence-corrected chi connectivity index (χ3v) is 7.91. The minimum absolute atomic E-state index is 0.196. The summed E-state index contributed by atoms with van der Waals surface area (Å²) in [5, 5.41) is 10.5. The highest BCUT2D eigenvalue weighted by molar-refractivity contribution is 7.66. The summed E-state index contributed by atoms with van der Waals surface area (Å²) < 4.78 is 67.5. The van der Waals surface area contributed by atoms with E-state index in [2.05, 4.69) is 30.0 Å². The molecule has 7 N–H and O–H groups in total. The zero-order valence-corrected chi connectivity index (χ0v) is 19.3. The average molecular weight is 537 g/mol. The summed E-state index contributed by atoms with van der Waals surface area (Å²) in [6.45, 7) is 2.18. The predicted molar refractivity (Wildman–Crippen MR) is 105 cm³/mol. The molecule has 2 heterocycles. The van der Waals surface area contributed by atoms with E-state index >= 15 is 4.39 Å². The Morgan fingerprint density at radius 3 is 2.39 bits per heavy atom. The van der Waals surface area contributed by atoms with Gasteiger partial charge in [-0.15, -0.1) is 5.92 Å². The smallest absolute Gasteiger partial charge is 0.386 e. The number of aliphatic hydroxyl groups excluding tert-OH is 1. The van der Waals surface area contributed by atoms with E-state index in [1.165, 1.54) is 6.92 Å². The Morgan fingerprint density at radius 1 is 1.27 bits per heavy atom. The molecule has 186 valence electrons. The molecular formula is C13H19FN3O13P3. The van der Waals surface area contributed by atoms with Crippen LogP contribution in [0.25, 0.3) is 0 Å². The third-order valence-electron chi connectivity index (χ3n) is 3.99. The first kappa shape index (κ1) is 27.7. The number of nitrogens with two attached hydrogens (primary N) is 1. The molecule has 20 heteroatoms. The van der Waals surface area contributed by atoms with Crippen LogP contribution in [0.3, 0.4) is 0 Å². The Balaban J connectivity index is 2.31. The van der Waals surface area contributed by atoms with Crippen molar-refractivity contribution < 1.29 is 60.6 Å². The lowest BCUT2D eigenvalue weighted by Crippen LogP contribution is -2.45. The van der Waals surface area contributed by atoms with Crippen LogP contribution in [0.4, 0.5) is 10.2 Å². The van der Waals surface area contributed by atoms with Gasteiger partial charge in [0.15, 0.2) is 6.23 Å². The fraction of sp³-hybridized carbons (Fsp3) is 0.538. The number of nitrogen functional groups attached to an aromatic ring is 1. The second kappa shape index (κ2) is 9.63. The number of anilines is 1. The Labute approximate surface area is 184 Å². The van der Waals surface area contributed by atoms with Crippen LogP contribution < -0.4 is 11.4 Å². The standard InChI is InChI=1S/C13H19FN3O13P3/c1-3-5-13(14)10(18)9(27-11(13)17-6-4-8(15)16-12(17)19)7(2)28-32(23,24)30-33(25,26)29-31(20,21)22/h4,6-7,9-11,18H,1-2H3,(H,23,24)(H,25,26)(H2,15,16,19)(H2,20,21,22)/t7-,9?,10+,11-,13?/m1/s1. The van der Waals surface area contributed by atoms with Gasteiger partial charge < -0.3 is 35.2 Å². The summed E-state index contributed by atoms with van der Waals surface area (Å²) in [7, 11) is -17.1. The van der Waals surface area contributed by atoms with Gasteiger partial charge in [-0.05, 0) is 19.9 Å². The fourth-order valence-electron chi connectivity index (χ4n) is 2.84. The van der Waals surface area contributed by atoms with Crippen LogP contribution in [-0.2, 0) is 31.6 Å². The van der Waals surface area contributed by atoms with Gasteiger partial charge in [0.2, 0.25) is 5.67 Å².